The first-order chi connectivity index (χ1) is 18.8. The van der Waals surface area contributed by atoms with Crippen LogP contribution < -0.4 is 16.0 Å². The Hall–Kier alpha value is -4.06. The van der Waals surface area contributed by atoms with Gasteiger partial charge in [-0.15, -0.1) is 0 Å². The average Bonchev–Trinajstić information content (AvgIpc) is 3.59. The molecule has 11 nitrogen and oxygen atoms in total. The SMILES string of the molecule is CCN(C[C@H]1O[C@@H](n2cnc3c(NC(=O)c4ccccc4)ncnc32)C2OC(C)(C)O[C@@H]21)c1ccccc1N. The summed E-state index contributed by atoms with van der Waals surface area (Å²) in [6.45, 7) is 7.18. The number of aromatic nitrogens is 4. The predicted octanol–water partition coefficient (Wildman–Crippen LogP) is 3.60. The molecule has 0 bridgehead atoms. The molecule has 2 aliphatic rings. The Labute approximate surface area is 225 Å². The Morgan fingerprint density at radius 2 is 1.79 bits per heavy atom. The number of carbonyl (C=O) groups is 1. The minimum Gasteiger partial charge on any atom is -0.397 e. The quantitative estimate of drug-likeness (QED) is 0.345. The van der Waals surface area contributed by atoms with Crippen LogP contribution in [0.3, 0.4) is 0 Å². The summed E-state index contributed by atoms with van der Waals surface area (Å²) in [5.41, 5.74) is 9.42. The van der Waals surface area contributed by atoms with Crippen LogP contribution in [0.5, 0.6) is 0 Å². The first-order valence-electron chi connectivity index (χ1n) is 13.0. The molecule has 4 heterocycles. The molecule has 11 heteroatoms. The normalized spacial score (nSPS) is 23.6. The van der Waals surface area contributed by atoms with Crippen LogP contribution in [-0.2, 0) is 14.2 Å². The van der Waals surface area contributed by atoms with Gasteiger partial charge in [-0.2, -0.15) is 0 Å². The summed E-state index contributed by atoms with van der Waals surface area (Å²) in [5.74, 6) is -0.741. The van der Waals surface area contributed by atoms with Crippen molar-refractivity contribution in [3.8, 4) is 0 Å². The number of rotatable bonds is 7. The van der Waals surface area contributed by atoms with E-state index >= 15 is 0 Å². The predicted molar refractivity (Wildman–Crippen MR) is 146 cm³/mol. The number of anilines is 3. The molecule has 4 atom stereocenters. The standard InChI is InChI=1S/C28H31N7O4/c1-4-34(19-13-9-8-12-18(19)29)14-20-22-23(39-28(2,3)38-22)27(37-20)35-16-32-21-24(30-15-31-25(21)35)33-26(36)17-10-6-5-7-11-17/h5-13,15-16,20,22-23,27H,4,14,29H2,1-3H3,(H,30,31,33,36)/t20-,22-,23?,27-/m1/s1. The van der Waals surface area contributed by atoms with Crippen molar-refractivity contribution in [1.82, 2.24) is 19.5 Å². The molecule has 39 heavy (non-hydrogen) atoms. The van der Waals surface area contributed by atoms with E-state index in [1.165, 1.54) is 6.33 Å². The van der Waals surface area contributed by atoms with E-state index in [0.29, 0.717) is 34.8 Å². The van der Waals surface area contributed by atoms with Crippen LogP contribution in [0.15, 0.2) is 67.3 Å². The van der Waals surface area contributed by atoms with E-state index in [4.69, 9.17) is 19.9 Å². The van der Waals surface area contributed by atoms with Gasteiger partial charge < -0.3 is 30.2 Å². The Bertz CT molecular complexity index is 1490. The Morgan fingerprint density at radius 3 is 2.56 bits per heavy atom. The third kappa shape index (κ3) is 4.69. The number of nitrogens with two attached hydrogens (primary N) is 1. The molecule has 1 unspecified atom stereocenters. The molecule has 2 fully saturated rings. The highest BCUT2D eigenvalue weighted by atomic mass is 16.8. The highest BCUT2D eigenvalue weighted by Crippen LogP contribution is 2.44. The third-order valence-corrected chi connectivity index (χ3v) is 7.09. The minimum absolute atomic E-state index is 0.281. The van der Waals surface area contributed by atoms with Gasteiger partial charge in [0.1, 0.15) is 24.6 Å². The lowest BCUT2D eigenvalue weighted by atomic mass is 10.1. The smallest absolute Gasteiger partial charge is 0.256 e. The molecule has 6 rings (SSSR count). The van der Waals surface area contributed by atoms with Gasteiger partial charge in [0.05, 0.1) is 17.7 Å². The molecule has 0 radical (unpaired) electrons. The number of nitrogens with one attached hydrogen (secondary N) is 1. The molecule has 4 aromatic rings. The number of carbonyl (C=O) groups excluding carboxylic acids is 1. The number of benzene rings is 2. The Balaban J connectivity index is 1.30. The van der Waals surface area contributed by atoms with Gasteiger partial charge in [-0.25, -0.2) is 15.0 Å². The number of hydrogen-bond acceptors (Lipinski definition) is 9. The molecular formula is C28H31N7O4. The number of ether oxygens (including phenoxy) is 3. The third-order valence-electron chi connectivity index (χ3n) is 7.09. The van der Waals surface area contributed by atoms with Gasteiger partial charge in [0.2, 0.25) is 0 Å². The number of para-hydroxylation sites is 2. The lowest BCUT2D eigenvalue weighted by molar-refractivity contribution is -0.195. The second-order valence-corrected chi connectivity index (χ2v) is 10.1. The average molecular weight is 530 g/mol. The molecule has 2 saturated heterocycles. The van der Waals surface area contributed by atoms with Crippen LogP contribution in [0.4, 0.5) is 17.2 Å². The molecule has 3 N–H and O–H groups in total. The van der Waals surface area contributed by atoms with Gasteiger partial charge in [-0.3, -0.25) is 9.36 Å². The lowest BCUT2D eigenvalue weighted by Gasteiger charge is -2.30. The molecule has 2 aromatic heterocycles. The molecule has 2 aromatic carbocycles. The minimum atomic E-state index is -0.779. The summed E-state index contributed by atoms with van der Waals surface area (Å²) in [6.07, 6.45) is 1.47. The highest BCUT2D eigenvalue weighted by molar-refractivity contribution is 6.06. The van der Waals surface area contributed by atoms with E-state index in [1.807, 2.05) is 48.7 Å². The van der Waals surface area contributed by atoms with Gasteiger partial charge in [-0.05, 0) is 45.0 Å². The topological polar surface area (TPSA) is 130 Å². The molecule has 202 valence electrons. The van der Waals surface area contributed by atoms with Crippen LogP contribution >= 0.6 is 0 Å². The van der Waals surface area contributed by atoms with E-state index in [0.717, 1.165) is 12.2 Å². The fraction of sp³-hybridized carbons (Fsp3) is 0.357. The summed E-state index contributed by atoms with van der Waals surface area (Å²) >= 11 is 0. The van der Waals surface area contributed by atoms with Crippen molar-refractivity contribution in [2.75, 3.05) is 29.0 Å². The Morgan fingerprint density at radius 1 is 1.05 bits per heavy atom. The summed E-state index contributed by atoms with van der Waals surface area (Å²) in [7, 11) is 0. The van der Waals surface area contributed by atoms with E-state index in [-0.39, 0.29) is 18.1 Å². The fourth-order valence-electron chi connectivity index (χ4n) is 5.32. The number of nitrogens with zero attached hydrogens (tertiary/aromatic N) is 5. The maximum Gasteiger partial charge on any atom is 0.256 e. The van der Waals surface area contributed by atoms with Gasteiger partial charge in [0.25, 0.3) is 5.91 Å². The fourth-order valence-corrected chi connectivity index (χ4v) is 5.32. The molecule has 0 saturated carbocycles. The molecule has 1 amide bonds. The van der Waals surface area contributed by atoms with Crippen molar-refractivity contribution in [2.45, 2.75) is 51.1 Å². The van der Waals surface area contributed by atoms with Gasteiger partial charge in [0, 0.05) is 18.7 Å². The van der Waals surface area contributed by atoms with Crippen LogP contribution in [0, 0.1) is 0 Å². The van der Waals surface area contributed by atoms with Crippen LogP contribution in [0.1, 0.15) is 37.4 Å². The van der Waals surface area contributed by atoms with Crippen molar-refractivity contribution in [1.29, 1.82) is 0 Å². The molecule has 2 aliphatic heterocycles. The van der Waals surface area contributed by atoms with Crippen molar-refractivity contribution >= 4 is 34.3 Å². The summed E-state index contributed by atoms with van der Waals surface area (Å²) in [6, 6.07) is 16.7. The number of imidazole rings is 1. The summed E-state index contributed by atoms with van der Waals surface area (Å²) < 4.78 is 21.1. The van der Waals surface area contributed by atoms with Crippen molar-refractivity contribution in [3.63, 3.8) is 0 Å². The summed E-state index contributed by atoms with van der Waals surface area (Å²) in [5, 5.41) is 2.85. The van der Waals surface area contributed by atoms with Crippen LogP contribution in [0.2, 0.25) is 0 Å². The van der Waals surface area contributed by atoms with Gasteiger partial charge in [-0.1, -0.05) is 30.3 Å². The molecule has 0 spiro atoms. The highest BCUT2D eigenvalue weighted by Gasteiger charge is 2.56. The van der Waals surface area contributed by atoms with Gasteiger partial charge in [0.15, 0.2) is 29.0 Å². The second-order valence-electron chi connectivity index (χ2n) is 10.1. The first-order valence-corrected chi connectivity index (χ1v) is 13.0. The monoisotopic (exact) mass is 529 g/mol. The summed E-state index contributed by atoms with van der Waals surface area (Å²) in [4.78, 5) is 28.2. The van der Waals surface area contributed by atoms with Crippen LogP contribution in [0.25, 0.3) is 11.2 Å². The van der Waals surface area contributed by atoms with E-state index in [2.05, 4.69) is 32.1 Å². The number of hydrogen-bond donors (Lipinski definition) is 2. The maximum atomic E-state index is 12.8. The molecule has 0 aliphatic carbocycles. The number of nitrogen functional groups attached to an aromatic ring is 1. The zero-order valence-corrected chi connectivity index (χ0v) is 22.0. The lowest BCUT2D eigenvalue weighted by Crippen LogP contribution is -2.40. The van der Waals surface area contributed by atoms with Crippen LogP contribution in [-0.4, -0.2) is 62.6 Å². The number of fused-ring (bicyclic) bond motifs is 2. The van der Waals surface area contributed by atoms with E-state index in [1.54, 1.807) is 30.6 Å². The van der Waals surface area contributed by atoms with Crippen molar-refractivity contribution in [2.24, 2.45) is 0 Å². The number of likely N-dealkylation sites (N-methyl/N-ethyl adjacent to an activating group) is 1. The second kappa shape index (κ2) is 9.92. The van der Waals surface area contributed by atoms with Gasteiger partial charge >= 0.3 is 0 Å². The zero-order valence-electron chi connectivity index (χ0n) is 22.0. The zero-order chi connectivity index (χ0) is 27.1. The Kier molecular flexibility index (Phi) is 6.42. The largest absolute Gasteiger partial charge is 0.397 e. The van der Waals surface area contributed by atoms with E-state index in [9.17, 15) is 4.79 Å². The maximum absolute atomic E-state index is 12.8. The first kappa shape index (κ1) is 25.2. The number of amides is 1. The van der Waals surface area contributed by atoms with Crippen molar-refractivity contribution < 1.29 is 19.0 Å². The van der Waals surface area contributed by atoms with E-state index < -0.39 is 18.1 Å². The molecular weight excluding hydrogens is 498 g/mol. The van der Waals surface area contributed by atoms with Crippen molar-refractivity contribution in [3.05, 3.63) is 72.8 Å².